The summed E-state index contributed by atoms with van der Waals surface area (Å²) in [5.74, 6) is 1.17. The lowest BCUT2D eigenvalue weighted by Gasteiger charge is -2.34. The molecule has 1 aliphatic carbocycles. The minimum Gasteiger partial charge on any atom is -0.341 e. The van der Waals surface area contributed by atoms with Gasteiger partial charge in [-0.05, 0) is 38.0 Å². The maximum Gasteiger partial charge on any atom is 0.321 e. The van der Waals surface area contributed by atoms with Gasteiger partial charge in [0, 0.05) is 13.1 Å². The Bertz CT molecular complexity index is 307. The Morgan fingerprint density at radius 2 is 1.83 bits per heavy atom. The number of hydrogen-bond donors (Lipinski definition) is 3. The van der Waals surface area contributed by atoms with Crippen LogP contribution in [0.3, 0.4) is 0 Å². The number of carbonyl (C=O) groups is 2. The molecule has 0 radical (unpaired) electrons. The first-order valence-electron chi connectivity index (χ1n) is 6.72. The van der Waals surface area contributed by atoms with E-state index >= 15 is 0 Å². The van der Waals surface area contributed by atoms with Crippen molar-refractivity contribution in [3.63, 3.8) is 0 Å². The normalized spacial score (nSPS) is 29.4. The summed E-state index contributed by atoms with van der Waals surface area (Å²) in [5.41, 5.74) is 0. The van der Waals surface area contributed by atoms with E-state index in [0.717, 1.165) is 18.8 Å². The predicted molar refractivity (Wildman–Crippen MR) is 71.2 cm³/mol. The highest BCUT2D eigenvalue weighted by atomic mass is 16.2. The molecule has 1 saturated carbocycles. The number of carbonyl (C=O) groups excluding carboxylic acids is 2. The summed E-state index contributed by atoms with van der Waals surface area (Å²) in [5, 5.41) is 7.96. The van der Waals surface area contributed by atoms with Crippen molar-refractivity contribution in [3.8, 4) is 0 Å². The van der Waals surface area contributed by atoms with Crippen LogP contribution in [0.1, 0.15) is 40.0 Å². The molecule has 4 atom stereocenters. The van der Waals surface area contributed by atoms with E-state index in [2.05, 4.69) is 29.8 Å². The van der Waals surface area contributed by atoms with Crippen LogP contribution in [0, 0.1) is 11.8 Å². The Morgan fingerprint density at radius 3 is 2.39 bits per heavy atom. The van der Waals surface area contributed by atoms with Gasteiger partial charge in [0.1, 0.15) is 0 Å². The average molecular weight is 255 g/mol. The van der Waals surface area contributed by atoms with Crippen LogP contribution in [0.2, 0.25) is 0 Å². The van der Waals surface area contributed by atoms with Gasteiger partial charge >= 0.3 is 6.03 Å². The van der Waals surface area contributed by atoms with Crippen LogP contribution in [-0.4, -0.2) is 31.1 Å². The Morgan fingerprint density at radius 1 is 1.17 bits per heavy atom. The number of rotatable bonds is 3. The van der Waals surface area contributed by atoms with Gasteiger partial charge in [0.2, 0.25) is 5.91 Å². The first kappa shape index (κ1) is 15.0. The predicted octanol–water partition coefficient (Wildman–Crippen LogP) is 1.24. The van der Waals surface area contributed by atoms with Crippen LogP contribution >= 0.6 is 0 Å². The molecule has 0 spiro atoms. The van der Waals surface area contributed by atoms with E-state index < -0.39 is 6.03 Å². The van der Waals surface area contributed by atoms with Gasteiger partial charge in [0.15, 0.2) is 0 Å². The van der Waals surface area contributed by atoms with Gasteiger partial charge in [0.05, 0.1) is 6.04 Å². The molecule has 4 unspecified atom stereocenters. The number of hydrogen-bond acceptors (Lipinski definition) is 3. The molecule has 18 heavy (non-hydrogen) atoms. The largest absolute Gasteiger partial charge is 0.341 e. The zero-order valence-electron chi connectivity index (χ0n) is 11.7. The van der Waals surface area contributed by atoms with Gasteiger partial charge in [-0.2, -0.15) is 0 Å². The molecule has 3 amide bonds. The van der Waals surface area contributed by atoms with Crippen molar-refractivity contribution in [2.24, 2.45) is 11.8 Å². The molecule has 0 saturated heterocycles. The van der Waals surface area contributed by atoms with Crippen molar-refractivity contribution in [1.82, 2.24) is 16.0 Å². The van der Waals surface area contributed by atoms with Crippen LogP contribution < -0.4 is 16.0 Å². The Balaban J connectivity index is 2.38. The van der Waals surface area contributed by atoms with E-state index in [9.17, 15) is 9.59 Å². The smallest absolute Gasteiger partial charge is 0.321 e. The minimum atomic E-state index is -0.459. The molecule has 104 valence electrons. The molecule has 0 aliphatic heterocycles. The molecule has 1 rings (SSSR count). The average Bonchev–Trinajstić information content (AvgIpc) is 2.33. The zero-order valence-corrected chi connectivity index (χ0v) is 11.7. The number of imide groups is 1. The van der Waals surface area contributed by atoms with Crippen molar-refractivity contribution in [2.45, 2.75) is 52.1 Å². The molecule has 0 aromatic carbocycles. The van der Waals surface area contributed by atoms with E-state index in [1.54, 1.807) is 6.92 Å². The third kappa shape index (κ3) is 4.29. The fourth-order valence-corrected chi connectivity index (χ4v) is 2.41. The summed E-state index contributed by atoms with van der Waals surface area (Å²) in [6.07, 6.45) is 3.39. The summed E-state index contributed by atoms with van der Waals surface area (Å²) in [7, 11) is 1.49. The number of urea groups is 1. The Hall–Kier alpha value is -1.10. The Kier molecular flexibility index (Phi) is 5.59. The molecule has 0 aromatic rings. The lowest BCUT2D eigenvalue weighted by molar-refractivity contribution is -0.121. The molecule has 5 heteroatoms. The molecular formula is C13H25N3O2. The van der Waals surface area contributed by atoms with Gasteiger partial charge in [-0.1, -0.05) is 13.8 Å². The molecule has 1 aliphatic rings. The van der Waals surface area contributed by atoms with E-state index in [1.807, 2.05) is 0 Å². The summed E-state index contributed by atoms with van der Waals surface area (Å²) in [6, 6.07) is -0.422. The lowest BCUT2D eigenvalue weighted by atomic mass is 9.79. The molecule has 1 fully saturated rings. The molecule has 5 nitrogen and oxygen atoms in total. The quantitative estimate of drug-likeness (QED) is 0.710. The summed E-state index contributed by atoms with van der Waals surface area (Å²) in [6.45, 7) is 6.33. The third-order valence-electron chi connectivity index (χ3n) is 3.94. The topological polar surface area (TPSA) is 70.2 Å². The van der Waals surface area contributed by atoms with E-state index in [4.69, 9.17) is 0 Å². The van der Waals surface area contributed by atoms with E-state index in [0.29, 0.717) is 12.0 Å². The molecular weight excluding hydrogens is 230 g/mol. The van der Waals surface area contributed by atoms with Crippen LogP contribution in [0.4, 0.5) is 4.79 Å². The third-order valence-corrected chi connectivity index (χ3v) is 3.94. The fraction of sp³-hybridized carbons (Fsp3) is 0.846. The van der Waals surface area contributed by atoms with Crippen LogP contribution in [0.15, 0.2) is 0 Å². The Labute approximate surface area is 109 Å². The maximum atomic E-state index is 11.7. The molecule has 0 aromatic heterocycles. The lowest BCUT2D eigenvalue weighted by Crippen LogP contribution is -2.51. The van der Waals surface area contributed by atoms with Gasteiger partial charge in [0.25, 0.3) is 0 Å². The van der Waals surface area contributed by atoms with Gasteiger partial charge in [-0.15, -0.1) is 0 Å². The van der Waals surface area contributed by atoms with Crippen molar-refractivity contribution < 1.29 is 9.59 Å². The molecule has 0 bridgehead atoms. The second kappa shape index (κ2) is 6.73. The van der Waals surface area contributed by atoms with Gasteiger partial charge in [-0.3, -0.25) is 10.1 Å². The van der Waals surface area contributed by atoms with Crippen molar-refractivity contribution >= 4 is 11.9 Å². The highest BCUT2D eigenvalue weighted by Crippen LogP contribution is 2.29. The van der Waals surface area contributed by atoms with Crippen LogP contribution in [-0.2, 0) is 4.79 Å². The van der Waals surface area contributed by atoms with Crippen molar-refractivity contribution in [3.05, 3.63) is 0 Å². The van der Waals surface area contributed by atoms with Crippen molar-refractivity contribution in [2.75, 3.05) is 7.05 Å². The molecule has 3 N–H and O–H groups in total. The summed E-state index contributed by atoms with van der Waals surface area (Å²) < 4.78 is 0. The first-order valence-corrected chi connectivity index (χ1v) is 6.72. The van der Waals surface area contributed by atoms with Crippen molar-refractivity contribution in [1.29, 1.82) is 0 Å². The second-order valence-corrected chi connectivity index (χ2v) is 5.42. The summed E-state index contributed by atoms with van der Waals surface area (Å²) in [4.78, 5) is 22.7. The number of amides is 3. The first-order chi connectivity index (χ1) is 8.43. The van der Waals surface area contributed by atoms with E-state index in [-0.39, 0.29) is 11.9 Å². The van der Waals surface area contributed by atoms with Crippen LogP contribution in [0.25, 0.3) is 0 Å². The van der Waals surface area contributed by atoms with Gasteiger partial charge in [-0.25, -0.2) is 4.79 Å². The fourth-order valence-electron chi connectivity index (χ4n) is 2.41. The SMILES string of the molecule is CNC(=O)NC(=O)C(C)NC1CCC(C)C(C)C1. The second-order valence-electron chi connectivity index (χ2n) is 5.42. The molecule has 0 heterocycles. The van der Waals surface area contributed by atoms with E-state index in [1.165, 1.54) is 13.5 Å². The standard InChI is InChI=1S/C13H25N3O2/c1-8-5-6-11(7-9(8)2)15-10(3)12(17)16-13(18)14-4/h8-11,15H,5-7H2,1-4H3,(H2,14,16,17,18). The highest BCUT2D eigenvalue weighted by molar-refractivity contribution is 5.96. The number of nitrogens with one attached hydrogen (secondary N) is 3. The summed E-state index contributed by atoms with van der Waals surface area (Å²) >= 11 is 0. The zero-order chi connectivity index (χ0) is 13.7. The van der Waals surface area contributed by atoms with Crippen LogP contribution in [0.5, 0.6) is 0 Å². The highest BCUT2D eigenvalue weighted by Gasteiger charge is 2.27. The monoisotopic (exact) mass is 255 g/mol. The maximum absolute atomic E-state index is 11.7. The minimum absolute atomic E-state index is 0.277. The van der Waals surface area contributed by atoms with Gasteiger partial charge < -0.3 is 10.6 Å².